The van der Waals surface area contributed by atoms with E-state index in [-0.39, 0.29) is 5.54 Å². The second-order valence-electron chi connectivity index (χ2n) is 9.08. The van der Waals surface area contributed by atoms with Crippen LogP contribution in [0.2, 0.25) is 0 Å². The summed E-state index contributed by atoms with van der Waals surface area (Å²) in [5, 5.41) is 0. The van der Waals surface area contributed by atoms with Crippen molar-refractivity contribution in [2.45, 2.75) is 32.7 Å². The summed E-state index contributed by atoms with van der Waals surface area (Å²) in [4.78, 5) is 9.79. The molecule has 4 rings (SSSR count). The Morgan fingerprint density at radius 3 is 2.18 bits per heavy atom. The zero-order valence-corrected chi connectivity index (χ0v) is 20.9. The first-order valence-electron chi connectivity index (χ1n) is 11.9. The third-order valence-electron chi connectivity index (χ3n) is 6.54. The monoisotopic (exact) mass is 461 g/mol. The number of nitrogens with zero attached hydrogens (tertiary/aromatic N) is 3. The molecule has 6 nitrogen and oxygen atoms in total. The fourth-order valence-corrected chi connectivity index (χ4v) is 4.55. The van der Waals surface area contributed by atoms with Gasteiger partial charge in [-0.1, -0.05) is 0 Å². The lowest BCUT2D eigenvalue weighted by molar-refractivity contribution is 0.340. The molecule has 0 saturated carbocycles. The van der Waals surface area contributed by atoms with E-state index in [0.717, 1.165) is 54.5 Å². The quantitative estimate of drug-likeness (QED) is 0.452. The Bertz CT molecular complexity index is 1080. The molecule has 1 aliphatic heterocycles. The van der Waals surface area contributed by atoms with Crippen molar-refractivity contribution in [3.05, 3.63) is 60.7 Å². The van der Waals surface area contributed by atoms with Crippen molar-refractivity contribution in [2.75, 3.05) is 50.3 Å². The molecule has 2 heterocycles. The van der Waals surface area contributed by atoms with Gasteiger partial charge < -0.3 is 24.0 Å². The van der Waals surface area contributed by atoms with Crippen LogP contribution in [0.1, 0.15) is 27.2 Å². The maximum Gasteiger partial charge on any atom is 0.213 e. The highest BCUT2D eigenvalue weighted by atomic mass is 16.5. The molecule has 0 N–H and O–H groups in total. The van der Waals surface area contributed by atoms with Crippen LogP contribution >= 0.6 is 0 Å². The lowest BCUT2D eigenvalue weighted by Crippen LogP contribution is -2.44. The van der Waals surface area contributed by atoms with E-state index < -0.39 is 0 Å². The molecule has 2 aromatic carbocycles. The van der Waals surface area contributed by atoms with E-state index in [1.807, 2.05) is 37.3 Å². The first-order valence-corrected chi connectivity index (χ1v) is 11.9. The average Bonchev–Trinajstić information content (AvgIpc) is 3.02. The molecule has 0 spiro atoms. The molecule has 3 aromatic rings. The molecule has 0 unspecified atom stereocenters. The van der Waals surface area contributed by atoms with Gasteiger partial charge in [-0.25, -0.2) is 4.98 Å². The largest absolute Gasteiger partial charge is 0.497 e. The smallest absolute Gasteiger partial charge is 0.213 e. The lowest BCUT2D eigenvalue weighted by Gasteiger charge is -2.38. The van der Waals surface area contributed by atoms with Crippen LogP contribution in [0.15, 0.2) is 60.7 Å². The van der Waals surface area contributed by atoms with Gasteiger partial charge in [-0.05, 0) is 81.8 Å². The number of ether oxygens (including phenoxy) is 3. The molecule has 34 heavy (non-hydrogen) atoms. The molecule has 1 saturated heterocycles. The molecule has 0 bridgehead atoms. The fraction of sp³-hybridized carbons (Fsp3) is 0.393. The minimum Gasteiger partial charge on any atom is -0.497 e. The number of pyridine rings is 1. The zero-order valence-electron chi connectivity index (χ0n) is 20.9. The topological polar surface area (TPSA) is 47.1 Å². The van der Waals surface area contributed by atoms with Crippen molar-refractivity contribution in [3.8, 4) is 28.6 Å². The number of methoxy groups -OCH3 is 2. The molecular weight excluding hydrogens is 426 g/mol. The first-order chi connectivity index (χ1) is 16.4. The minimum atomic E-state index is 0.0164. The SMILES string of the molecule is CCOc1ccc(-c2nc(OC)ccc2N2CCN(c3ccc(OC)cc3)C(C)(C)CC2)cc1. The molecule has 180 valence electrons. The van der Waals surface area contributed by atoms with Gasteiger partial charge in [0, 0.05) is 42.5 Å². The highest BCUT2D eigenvalue weighted by molar-refractivity contribution is 5.76. The van der Waals surface area contributed by atoms with Gasteiger partial charge in [-0.2, -0.15) is 0 Å². The van der Waals surface area contributed by atoms with E-state index in [2.05, 4.69) is 54.0 Å². The Labute approximate surface area is 203 Å². The molecule has 0 radical (unpaired) electrons. The summed E-state index contributed by atoms with van der Waals surface area (Å²) in [6, 6.07) is 20.6. The summed E-state index contributed by atoms with van der Waals surface area (Å²) in [5.74, 6) is 2.35. The predicted octanol–water partition coefficient (Wildman–Crippen LogP) is 5.66. The summed E-state index contributed by atoms with van der Waals surface area (Å²) in [5.41, 5.74) is 4.33. The summed E-state index contributed by atoms with van der Waals surface area (Å²) in [6.45, 7) is 10.0. The fourth-order valence-electron chi connectivity index (χ4n) is 4.55. The van der Waals surface area contributed by atoms with Crippen molar-refractivity contribution in [3.63, 3.8) is 0 Å². The number of anilines is 2. The van der Waals surface area contributed by atoms with Gasteiger partial charge in [-0.3, -0.25) is 0 Å². The van der Waals surface area contributed by atoms with Gasteiger partial charge in [0.25, 0.3) is 0 Å². The summed E-state index contributed by atoms with van der Waals surface area (Å²) < 4.78 is 16.4. The maximum atomic E-state index is 5.63. The highest BCUT2D eigenvalue weighted by Crippen LogP contribution is 2.36. The van der Waals surface area contributed by atoms with Crippen LogP contribution in [0.3, 0.4) is 0 Å². The third-order valence-corrected chi connectivity index (χ3v) is 6.54. The van der Waals surface area contributed by atoms with Gasteiger partial charge in [0.15, 0.2) is 0 Å². The van der Waals surface area contributed by atoms with E-state index in [0.29, 0.717) is 12.5 Å². The van der Waals surface area contributed by atoms with E-state index >= 15 is 0 Å². The molecule has 6 heteroatoms. The predicted molar refractivity (Wildman–Crippen MR) is 139 cm³/mol. The summed E-state index contributed by atoms with van der Waals surface area (Å²) >= 11 is 0. The Hall–Kier alpha value is -3.41. The van der Waals surface area contributed by atoms with E-state index in [9.17, 15) is 0 Å². The van der Waals surface area contributed by atoms with Crippen molar-refractivity contribution in [1.82, 2.24) is 4.98 Å². The zero-order chi connectivity index (χ0) is 24.1. The maximum absolute atomic E-state index is 5.63. The molecular formula is C28H35N3O3. The Kier molecular flexibility index (Phi) is 7.15. The Balaban J connectivity index is 1.64. The van der Waals surface area contributed by atoms with Crippen LogP contribution in [0.4, 0.5) is 11.4 Å². The van der Waals surface area contributed by atoms with Crippen LogP contribution in [0.25, 0.3) is 11.3 Å². The van der Waals surface area contributed by atoms with Gasteiger partial charge in [0.2, 0.25) is 5.88 Å². The normalized spacial score (nSPS) is 15.6. The second-order valence-corrected chi connectivity index (χ2v) is 9.08. The first kappa shape index (κ1) is 23.7. The minimum absolute atomic E-state index is 0.0164. The standard InChI is InChI=1S/C28H35N3O3/c1-6-34-24-11-7-21(8-12-24)27-25(15-16-26(29-27)33-5)30-18-17-28(2,3)31(20-19-30)22-9-13-23(32-4)14-10-22/h7-16H,6,17-20H2,1-5H3. The van der Waals surface area contributed by atoms with Gasteiger partial charge in [-0.15, -0.1) is 0 Å². The van der Waals surface area contributed by atoms with Gasteiger partial charge in [0.05, 0.1) is 32.2 Å². The van der Waals surface area contributed by atoms with E-state index in [4.69, 9.17) is 19.2 Å². The Morgan fingerprint density at radius 2 is 1.53 bits per heavy atom. The van der Waals surface area contributed by atoms with Gasteiger partial charge >= 0.3 is 0 Å². The summed E-state index contributed by atoms with van der Waals surface area (Å²) in [7, 11) is 3.36. The molecule has 1 aromatic heterocycles. The lowest BCUT2D eigenvalue weighted by atomic mass is 9.97. The van der Waals surface area contributed by atoms with Crippen LogP contribution in [0, 0.1) is 0 Å². The number of hydrogen-bond donors (Lipinski definition) is 0. The van der Waals surface area contributed by atoms with Crippen LogP contribution in [0.5, 0.6) is 17.4 Å². The second kappa shape index (κ2) is 10.2. The van der Waals surface area contributed by atoms with Crippen molar-refractivity contribution < 1.29 is 14.2 Å². The highest BCUT2D eigenvalue weighted by Gasteiger charge is 2.31. The molecule has 0 atom stereocenters. The molecule has 1 aliphatic rings. The van der Waals surface area contributed by atoms with Crippen LogP contribution in [-0.4, -0.2) is 51.0 Å². The van der Waals surface area contributed by atoms with E-state index in [1.165, 1.54) is 5.69 Å². The van der Waals surface area contributed by atoms with Gasteiger partial charge in [0.1, 0.15) is 11.5 Å². The van der Waals surface area contributed by atoms with Crippen LogP contribution in [-0.2, 0) is 0 Å². The summed E-state index contributed by atoms with van der Waals surface area (Å²) in [6.07, 6.45) is 1.02. The van der Waals surface area contributed by atoms with Crippen LogP contribution < -0.4 is 24.0 Å². The Morgan fingerprint density at radius 1 is 0.824 bits per heavy atom. The molecule has 0 amide bonds. The number of benzene rings is 2. The van der Waals surface area contributed by atoms with Crippen molar-refractivity contribution in [1.29, 1.82) is 0 Å². The van der Waals surface area contributed by atoms with Crippen molar-refractivity contribution in [2.24, 2.45) is 0 Å². The number of hydrogen-bond acceptors (Lipinski definition) is 6. The third kappa shape index (κ3) is 5.06. The average molecular weight is 462 g/mol. The molecule has 0 aliphatic carbocycles. The van der Waals surface area contributed by atoms with Crippen molar-refractivity contribution >= 4 is 11.4 Å². The molecule has 1 fully saturated rings. The number of rotatable bonds is 7. The van der Waals surface area contributed by atoms with E-state index in [1.54, 1.807) is 14.2 Å². The number of aromatic nitrogens is 1.